The van der Waals surface area contributed by atoms with Gasteiger partial charge in [-0.2, -0.15) is 4.98 Å². The van der Waals surface area contributed by atoms with Crippen molar-refractivity contribution < 1.29 is 4.52 Å². The second kappa shape index (κ2) is 4.96. The smallest absolute Gasteiger partial charge is 0.270 e. The number of thiophene rings is 1. The van der Waals surface area contributed by atoms with Crippen LogP contribution < -0.4 is 5.73 Å². The quantitative estimate of drug-likeness (QED) is 0.921. The van der Waals surface area contributed by atoms with Crippen LogP contribution in [-0.2, 0) is 0 Å². The first kappa shape index (κ1) is 12.7. The van der Waals surface area contributed by atoms with E-state index in [9.17, 15) is 0 Å². The molecule has 0 amide bonds. The summed E-state index contributed by atoms with van der Waals surface area (Å²) in [6.45, 7) is 4.25. The Morgan fingerprint density at radius 3 is 2.95 bits per heavy atom. The zero-order valence-electron chi connectivity index (χ0n) is 11.3. The Morgan fingerprint density at radius 1 is 1.47 bits per heavy atom. The van der Waals surface area contributed by atoms with E-state index >= 15 is 0 Å². The van der Waals surface area contributed by atoms with E-state index in [4.69, 9.17) is 10.3 Å². The molecule has 0 spiro atoms. The highest BCUT2D eigenvalue weighted by molar-refractivity contribution is 7.14. The number of nitrogen functional groups attached to an aromatic ring is 1. The predicted octanol–water partition coefficient (Wildman–Crippen LogP) is 3.98. The van der Waals surface area contributed by atoms with Crippen molar-refractivity contribution in [1.29, 1.82) is 0 Å². The summed E-state index contributed by atoms with van der Waals surface area (Å²) in [5.41, 5.74) is 7.86. The number of aryl methyl sites for hydroxylation is 1. The van der Waals surface area contributed by atoms with Gasteiger partial charge in [0, 0.05) is 5.92 Å². The first-order chi connectivity index (χ1) is 9.19. The van der Waals surface area contributed by atoms with E-state index in [0.29, 0.717) is 11.8 Å². The fourth-order valence-corrected chi connectivity index (χ4v) is 3.69. The summed E-state index contributed by atoms with van der Waals surface area (Å²) in [5.74, 6) is 2.72. The predicted molar refractivity (Wildman–Crippen MR) is 77.1 cm³/mol. The van der Waals surface area contributed by atoms with Crippen LogP contribution in [0.5, 0.6) is 0 Å². The Balaban J connectivity index is 1.82. The Morgan fingerprint density at radius 2 is 2.32 bits per heavy atom. The molecule has 1 fully saturated rings. The van der Waals surface area contributed by atoms with Gasteiger partial charge in [0.15, 0.2) is 5.82 Å². The molecule has 2 aromatic rings. The van der Waals surface area contributed by atoms with E-state index in [1.54, 1.807) is 11.3 Å². The molecule has 0 bridgehead atoms. The SMILES string of the molecule is CCC1CCC(c2noc(-c3scc(C)c3N)n2)C1. The molecule has 1 aliphatic rings. The number of anilines is 1. The lowest BCUT2D eigenvalue weighted by atomic mass is 10.0. The van der Waals surface area contributed by atoms with Crippen molar-refractivity contribution in [2.75, 3.05) is 5.73 Å². The molecule has 2 N–H and O–H groups in total. The van der Waals surface area contributed by atoms with Gasteiger partial charge in [-0.05, 0) is 43.0 Å². The standard InChI is InChI=1S/C14H19N3OS/c1-3-9-4-5-10(6-9)13-16-14(18-17-13)12-11(15)8(2)7-19-12/h7,9-10H,3-6,15H2,1-2H3. The Labute approximate surface area is 117 Å². The molecule has 19 heavy (non-hydrogen) atoms. The molecular formula is C14H19N3OS. The van der Waals surface area contributed by atoms with Crippen LogP contribution in [0.25, 0.3) is 10.8 Å². The third kappa shape index (κ3) is 2.27. The number of rotatable bonds is 3. The van der Waals surface area contributed by atoms with Crippen molar-refractivity contribution >= 4 is 17.0 Å². The minimum atomic E-state index is 0.463. The normalized spacial score (nSPS) is 23.1. The molecule has 3 rings (SSSR count). The average molecular weight is 277 g/mol. The second-order valence-electron chi connectivity index (χ2n) is 5.40. The molecule has 5 heteroatoms. The van der Waals surface area contributed by atoms with Crippen molar-refractivity contribution in [2.45, 2.75) is 45.4 Å². The van der Waals surface area contributed by atoms with Crippen LogP contribution >= 0.6 is 11.3 Å². The van der Waals surface area contributed by atoms with E-state index in [1.807, 2.05) is 12.3 Å². The van der Waals surface area contributed by atoms with Crippen LogP contribution in [-0.4, -0.2) is 10.1 Å². The highest BCUT2D eigenvalue weighted by Crippen LogP contribution is 2.40. The first-order valence-electron chi connectivity index (χ1n) is 6.86. The van der Waals surface area contributed by atoms with Crippen LogP contribution in [0.1, 0.15) is 49.9 Å². The number of aromatic nitrogens is 2. The van der Waals surface area contributed by atoms with Crippen molar-refractivity contribution in [1.82, 2.24) is 10.1 Å². The van der Waals surface area contributed by atoms with Crippen LogP contribution in [0.3, 0.4) is 0 Å². The van der Waals surface area contributed by atoms with Crippen LogP contribution in [0.4, 0.5) is 5.69 Å². The van der Waals surface area contributed by atoms with Gasteiger partial charge in [-0.15, -0.1) is 11.3 Å². The summed E-state index contributed by atoms with van der Waals surface area (Å²) in [7, 11) is 0. The summed E-state index contributed by atoms with van der Waals surface area (Å²) in [6.07, 6.45) is 4.90. The molecule has 102 valence electrons. The van der Waals surface area contributed by atoms with Gasteiger partial charge in [0.05, 0.1) is 5.69 Å². The third-order valence-corrected chi connectivity index (χ3v) is 5.24. The molecule has 0 saturated heterocycles. The van der Waals surface area contributed by atoms with Gasteiger partial charge in [0.1, 0.15) is 4.88 Å². The van der Waals surface area contributed by atoms with Crippen LogP contribution in [0, 0.1) is 12.8 Å². The fourth-order valence-electron chi connectivity index (χ4n) is 2.79. The minimum Gasteiger partial charge on any atom is -0.397 e. The second-order valence-corrected chi connectivity index (χ2v) is 6.28. The molecule has 2 heterocycles. The Bertz CT molecular complexity index is 575. The minimum absolute atomic E-state index is 0.463. The Kier molecular flexibility index (Phi) is 3.31. The molecular weight excluding hydrogens is 258 g/mol. The van der Waals surface area contributed by atoms with Crippen LogP contribution in [0.15, 0.2) is 9.90 Å². The topological polar surface area (TPSA) is 64.9 Å². The molecule has 4 nitrogen and oxygen atoms in total. The van der Waals surface area contributed by atoms with E-state index in [-0.39, 0.29) is 0 Å². The molecule has 0 aliphatic heterocycles. The summed E-state index contributed by atoms with van der Waals surface area (Å²) >= 11 is 1.57. The maximum atomic E-state index is 6.02. The summed E-state index contributed by atoms with van der Waals surface area (Å²) < 4.78 is 5.40. The maximum absolute atomic E-state index is 6.02. The zero-order valence-corrected chi connectivity index (χ0v) is 12.2. The largest absolute Gasteiger partial charge is 0.397 e. The third-order valence-electron chi connectivity index (χ3n) is 4.14. The lowest BCUT2D eigenvalue weighted by Gasteiger charge is -2.04. The van der Waals surface area contributed by atoms with Crippen molar-refractivity contribution in [3.05, 3.63) is 16.8 Å². The van der Waals surface area contributed by atoms with Gasteiger partial charge in [0.2, 0.25) is 0 Å². The number of nitrogens with zero attached hydrogens (tertiary/aromatic N) is 2. The highest BCUT2D eigenvalue weighted by Gasteiger charge is 2.28. The molecule has 2 aromatic heterocycles. The maximum Gasteiger partial charge on any atom is 0.270 e. The molecule has 0 radical (unpaired) electrons. The van der Waals surface area contributed by atoms with Crippen molar-refractivity contribution in [3.8, 4) is 10.8 Å². The summed E-state index contributed by atoms with van der Waals surface area (Å²) in [4.78, 5) is 5.46. The lowest BCUT2D eigenvalue weighted by Crippen LogP contribution is -1.97. The van der Waals surface area contributed by atoms with Crippen molar-refractivity contribution in [2.24, 2.45) is 5.92 Å². The number of hydrogen-bond donors (Lipinski definition) is 1. The van der Waals surface area contributed by atoms with E-state index in [0.717, 1.165) is 27.9 Å². The van der Waals surface area contributed by atoms with Gasteiger partial charge in [-0.25, -0.2) is 0 Å². The number of hydrogen-bond acceptors (Lipinski definition) is 5. The van der Waals surface area contributed by atoms with Gasteiger partial charge >= 0.3 is 0 Å². The van der Waals surface area contributed by atoms with Gasteiger partial charge in [0.25, 0.3) is 5.89 Å². The highest BCUT2D eigenvalue weighted by atomic mass is 32.1. The number of nitrogens with two attached hydrogens (primary N) is 1. The molecule has 2 unspecified atom stereocenters. The molecule has 2 atom stereocenters. The first-order valence-corrected chi connectivity index (χ1v) is 7.74. The van der Waals surface area contributed by atoms with Gasteiger partial charge < -0.3 is 10.3 Å². The van der Waals surface area contributed by atoms with Crippen LogP contribution in [0.2, 0.25) is 0 Å². The lowest BCUT2D eigenvalue weighted by molar-refractivity contribution is 0.414. The van der Waals surface area contributed by atoms with Crippen molar-refractivity contribution in [3.63, 3.8) is 0 Å². The van der Waals surface area contributed by atoms with E-state index in [1.165, 1.54) is 25.7 Å². The van der Waals surface area contributed by atoms with Gasteiger partial charge in [-0.1, -0.05) is 18.5 Å². The molecule has 1 saturated carbocycles. The van der Waals surface area contributed by atoms with E-state index < -0.39 is 0 Å². The zero-order chi connectivity index (χ0) is 13.4. The average Bonchev–Trinajstić information content (AvgIpc) is 3.11. The van der Waals surface area contributed by atoms with E-state index in [2.05, 4.69) is 17.1 Å². The summed E-state index contributed by atoms with van der Waals surface area (Å²) in [6, 6.07) is 0. The Hall–Kier alpha value is -1.36. The summed E-state index contributed by atoms with van der Waals surface area (Å²) in [5, 5.41) is 6.18. The van der Waals surface area contributed by atoms with Gasteiger partial charge in [-0.3, -0.25) is 0 Å². The molecule has 0 aromatic carbocycles. The fraction of sp³-hybridized carbons (Fsp3) is 0.571. The molecule has 1 aliphatic carbocycles. The monoisotopic (exact) mass is 277 g/mol.